The highest BCUT2D eigenvalue weighted by Gasteiger charge is 2.59. The molecule has 0 amide bonds. The number of ether oxygens (including phenoxy) is 1. The highest BCUT2D eigenvalue weighted by Crippen LogP contribution is 2.38. The number of carbonyl (C=O) groups excluding carboxylic acids is 1. The van der Waals surface area contributed by atoms with Gasteiger partial charge in [-0.05, 0) is 6.42 Å². The predicted molar refractivity (Wildman–Crippen MR) is 129 cm³/mol. The van der Waals surface area contributed by atoms with E-state index < -0.39 is 47.7 Å². The first-order valence-corrected chi connectivity index (χ1v) is 12.9. The maximum absolute atomic E-state index is 12.8. The van der Waals surface area contributed by atoms with Crippen molar-refractivity contribution in [2.24, 2.45) is 0 Å². The zero-order valence-corrected chi connectivity index (χ0v) is 20.4. The predicted octanol–water partition coefficient (Wildman–Crippen LogP) is 2.57. The average Bonchev–Trinajstić information content (AvgIpc) is 3.08. The van der Waals surface area contributed by atoms with E-state index >= 15 is 0 Å². The van der Waals surface area contributed by atoms with Crippen LogP contribution in [0.4, 0.5) is 0 Å². The molecule has 1 aromatic heterocycles. The van der Waals surface area contributed by atoms with E-state index in [-0.39, 0.29) is 6.42 Å². The molecule has 1 aliphatic rings. The lowest BCUT2D eigenvalue weighted by Crippen LogP contribution is -2.55. The molecule has 9 nitrogen and oxygen atoms in total. The summed E-state index contributed by atoms with van der Waals surface area (Å²) in [4.78, 5) is 38.2. The largest absolute Gasteiger partial charge is 0.394 e. The van der Waals surface area contributed by atoms with E-state index in [1.165, 1.54) is 57.8 Å². The van der Waals surface area contributed by atoms with Crippen molar-refractivity contribution in [3.8, 4) is 0 Å². The second-order valence-electron chi connectivity index (χ2n) is 9.40. The van der Waals surface area contributed by atoms with E-state index in [1.54, 1.807) is 0 Å². The molecule has 0 saturated carbocycles. The van der Waals surface area contributed by atoms with Crippen LogP contribution >= 0.6 is 0 Å². The van der Waals surface area contributed by atoms with Gasteiger partial charge >= 0.3 is 5.69 Å². The normalized spacial score (nSPS) is 24.5. The molecule has 0 radical (unpaired) electrons. The van der Waals surface area contributed by atoms with Gasteiger partial charge in [-0.2, -0.15) is 0 Å². The molecule has 0 unspecified atom stereocenters. The van der Waals surface area contributed by atoms with Crippen molar-refractivity contribution in [1.82, 2.24) is 9.55 Å². The number of nitrogens with zero attached hydrogens (tertiary/aromatic N) is 1. The third-order valence-electron chi connectivity index (χ3n) is 6.76. The number of Topliss-reactive ketones (excluding diaryl/α,β-unsaturated/α-hetero) is 1. The Kier molecular flexibility index (Phi) is 12.2. The number of rotatable bonds is 17. The van der Waals surface area contributed by atoms with Gasteiger partial charge in [0.25, 0.3) is 5.56 Å². The van der Waals surface area contributed by atoms with Crippen molar-refractivity contribution in [3.63, 3.8) is 0 Å². The standard InChI is InChI=1S/C25H42N2O7/c1-2-3-4-5-6-7-8-9-10-11-12-13-14-15-19(29)25(33)20(18-28)34-23(22(25)31)27-17-16-21(30)26-24(27)32/h16-17,20,22-23,28,31,33H,2-15,18H2,1H3,(H,26,30,32)/t20-,22+,23-,25-/m1/s1. The van der Waals surface area contributed by atoms with Crippen LogP contribution in [0, 0.1) is 0 Å². The SMILES string of the molecule is CCCCCCCCCCCCCCCC(=O)[C@@]1(O)[C@@H](CO)O[C@@H](n2ccc(=O)[nH]c2=O)[C@@H]1O. The Bertz CT molecular complexity index is 852. The van der Waals surface area contributed by atoms with Crippen molar-refractivity contribution in [2.75, 3.05) is 6.61 Å². The zero-order chi connectivity index (χ0) is 25.0. The van der Waals surface area contributed by atoms with Crippen LogP contribution in [-0.2, 0) is 9.53 Å². The number of hydrogen-bond donors (Lipinski definition) is 4. The van der Waals surface area contributed by atoms with Gasteiger partial charge in [0.05, 0.1) is 6.61 Å². The van der Waals surface area contributed by atoms with Gasteiger partial charge in [0.1, 0.15) is 12.2 Å². The fraction of sp³-hybridized carbons (Fsp3) is 0.800. The van der Waals surface area contributed by atoms with Crippen molar-refractivity contribution in [1.29, 1.82) is 0 Å². The minimum Gasteiger partial charge on any atom is -0.394 e. The Hall–Kier alpha value is -1.81. The summed E-state index contributed by atoms with van der Waals surface area (Å²) in [6.45, 7) is 1.53. The fourth-order valence-corrected chi connectivity index (χ4v) is 4.63. The molecule has 34 heavy (non-hydrogen) atoms. The first-order valence-electron chi connectivity index (χ1n) is 12.9. The lowest BCUT2D eigenvalue weighted by molar-refractivity contribution is -0.154. The van der Waals surface area contributed by atoms with Gasteiger partial charge in [-0.25, -0.2) is 4.79 Å². The molecular weight excluding hydrogens is 440 g/mol. The van der Waals surface area contributed by atoms with Crippen LogP contribution in [0.25, 0.3) is 0 Å². The van der Waals surface area contributed by atoms with Crippen LogP contribution in [0.5, 0.6) is 0 Å². The van der Waals surface area contributed by atoms with E-state index in [9.17, 15) is 29.7 Å². The second kappa shape index (κ2) is 14.6. The molecule has 194 valence electrons. The Balaban J connectivity index is 1.72. The Labute approximate surface area is 201 Å². The number of hydrogen-bond acceptors (Lipinski definition) is 7. The summed E-state index contributed by atoms with van der Waals surface area (Å²) < 4.78 is 6.35. The summed E-state index contributed by atoms with van der Waals surface area (Å²) in [6, 6.07) is 1.07. The van der Waals surface area contributed by atoms with Crippen molar-refractivity contribution < 1.29 is 24.9 Å². The molecule has 9 heteroatoms. The summed E-state index contributed by atoms with van der Waals surface area (Å²) in [7, 11) is 0. The zero-order valence-electron chi connectivity index (χ0n) is 20.4. The van der Waals surface area contributed by atoms with Gasteiger partial charge in [0.15, 0.2) is 17.6 Å². The van der Waals surface area contributed by atoms with Gasteiger partial charge in [0.2, 0.25) is 0 Å². The number of H-pyrrole nitrogens is 1. The molecule has 4 atom stereocenters. The Morgan fingerprint density at radius 2 is 1.53 bits per heavy atom. The van der Waals surface area contributed by atoms with Crippen molar-refractivity contribution in [2.45, 2.75) is 121 Å². The summed E-state index contributed by atoms with van der Waals surface area (Å²) in [5.41, 5.74) is -3.80. The maximum Gasteiger partial charge on any atom is 0.330 e. The summed E-state index contributed by atoms with van der Waals surface area (Å²) in [5, 5.41) is 31.3. The van der Waals surface area contributed by atoms with Gasteiger partial charge in [-0.15, -0.1) is 0 Å². The first kappa shape index (κ1) is 28.4. The fourth-order valence-electron chi connectivity index (χ4n) is 4.63. The Morgan fingerprint density at radius 1 is 1.00 bits per heavy atom. The third kappa shape index (κ3) is 7.60. The van der Waals surface area contributed by atoms with Gasteiger partial charge in [-0.1, -0.05) is 84.0 Å². The van der Waals surface area contributed by atoms with Crippen LogP contribution in [0.3, 0.4) is 0 Å². The smallest absolute Gasteiger partial charge is 0.330 e. The van der Waals surface area contributed by atoms with E-state index in [2.05, 4.69) is 6.92 Å². The highest BCUT2D eigenvalue weighted by molar-refractivity contribution is 5.89. The molecule has 0 bridgehead atoms. The highest BCUT2D eigenvalue weighted by atomic mass is 16.6. The van der Waals surface area contributed by atoms with Crippen LogP contribution in [0.2, 0.25) is 0 Å². The number of aromatic amines is 1. The molecule has 0 aromatic carbocycles. The average molecular weight is 483 g/mol. The Morgan fingerprint density at radius 3 is 2.03 bits per heavy atom. The van der Waals surface area contributed by atoms with Gasteiger partial charge in [0, 0.05) is 18.7 Å². The summed E-state index contributed by atoms with van der Waals surface area (Å²) in [5.74, 6) is -0.623. The quantitative estimate of drug-likeness (QED) is 0.250. The van der Waals surface area contributed by atoms with E-state index in [0.717, 1.165) is 36.1 Å². The van der Waals surface area contributed by atoms with Crippen molar-refractivity contribution in [3.05, 3.63) is 33.1 Å². The molecule has 1 fully saturated rings. The topological polar surface area (TPSA) is 142 Å². The summed E-state index contributed by atoms with van der Waals surface area (Å²) in [6.07, 6.45) is 11.8. The van der Waals surface area contributed by atoms with Gasteiger partial charge < -0.3 is 20.1 Å². The van der Waals surface area contributed by atoms with Crippen LogP contribution in [0.1, 0.15) is 103 Å². The molecule has 0 spiro atoms. The molecule has 4 N–H and O–H groups in total. The molecule has 1 aliphatic heterocycles. The van der Waals surface area contributed by atoms with Crippen LogP contribution < -0.4 is 11.2 Å². The number of aliphatic hydroxyl groups excluding tert-OH is 2. The van der Waals surface area contributed by atoms with E-state index in [0.29, 0.717) is 6.42 Å². The first-order chi connectivity index (χ1) is 16.4. The molecule has 0 aliphatic carbocycles. The van der Waals surface area contributed by atoms with Gasteiger partial charge in [-0.3, -0.25) is 19.1 Å². The van der Waals surface area contributed by atoms with Crippen LogP contribution in [-0.4, -0.2) is 55.1 Å². The second-order valence-corrected chi connectivity index (χ2v) is 9.40. The minimum absolute atomic E-state index is 0.0401. The van der Waals surface area contributed by atoms with Crippen molar-refractivity contribution >= 4 is 5.78 Å². The molecule has 2 rings (SSSR count). The third-order valence-corrected chi connectivity index (χ3v) is 6.76. The number of aromatic nitrogens is 2. The number of carbonyl (C=O) groups is 1. The number of unbranched alkanes of at least 4 members (excludes halogenated alkanes) is 12. The summed E-state index contributed by atoms with van der Waals surface area (Å²) >= 11 is 0. The number of nitrogens with one attached hydrogen (secondary N) is 1. The molecule has 1 saturated heterocycles. The maximum atomic E-state index is 12.8. The number of aliphatic hydroxyl groups is 3. The number of ketones is 1. The van der Waals surface area contributed by atoms with E-state index in [1.807, 2.05) is 4.98 Å². The lowest BCUT2D eigenvalue weighted by atomic mass is 9.85. The monoisotopic (exact) mass is 482 g/mol. The molecular formula is C25H42N2O7. The molecule has 2 heterocycles. The van der Waals surface area contributed by atoms with E-state index in [4.69, 9.17) is 4.74 Å². The lowest BCUT2D eigenvalue weighted by Gasteiger charge is -2.28. The molecule has 1 aromatic rings. The minimum atomic E-state index is -2.33. The van der Waals surface area contributed by atoms with Crippen LogP contribution in [0.15, 0.2) is 21.9 Å².